The first-order valence-electron chi connectivity index (χ1n) is 9.64. The molecule has 0 unspecified atom stereocenters. The van der Waals surface area contributed by atoms with Crippen LogP contribution in [0.4, 0.5) is 0 Å². The summed E-state index contributed by atoms with van der Waals surface area (Å²) in [6, 6.07) is 4.07. The van der Waals surface area contributed by atoms with Crippen molar-refractivity contribution in [3.8, 4) is 0 Å². The summed E-state index contributed by atoms with van der Waals surface area (Å²) in [4.78, 5) is 23.0. The van der Waals surface area contributed by atoms with Crippen molar-refractivity contribution in [1.29, 1.82) is 0 Å². The largest absolute Gasteiger partial charge is 0.357 e. The minimum absolute atomic E-state index is 0. The summed E-state index contributed by atoms with van der Waals surface area (Å²) >= 11 is 7.68. The fourth-order valence-electron chi connectivity index (χ4n) is 2.94. The number of guanidine groups is 1. The zero-order chi connectivity index (χ0) is 19.9. The maximum absolute atomic E-state index is 12.2. The predicted octanol–water partition coefficient (Wildman–Crippen LogP) is 3.26. The molecule has 2 N–H and O–H groups in total. The molecule has 0 radical (unpaired) electrons. The SMILES string of the molecule is CCNC(=O)C(C)(C)CN=C(NCC)N1CCN(Cc2ccc(Cl)s2)CC1.I. The number of nitrogens with one attached hydrogen (secondary N) is 2. The van der Waals surface area contributed by atoms with E-state index in [-0.39, 0.29) is 29.9 Å². The van der Waals surface area contributed by atoms with E-state index in [4.69, 9.17) is 16.6 Å². The quantitative estimate of drug-likeness (QED) is 0.316. The summed E-state index contributed by atoms with van der Waals surface area (Å²) in [6.07, 6.45) is 0. The zero-order valence-corrected chi connectivity index (χ0v) is 21.2. The number of hydrogen-bond acceptors (Lipinski definition) is 4. The molecule has 160 valence electrons. The molecular weight excluding hydrogens is 509 g/mol. The lowest BCUT2D eigenvalue weighted by atomic mass is 9.92. The Hall–Kier alpha value is -0.580. The second-order valence-electron chi connectivity index (χ2n) is 7.38. The highest BCUT2D eigenvalue weighted by atomic mass is 127. The van der Waals surface area contributed by atoms with Crippen LogP contribution in [0.1, 0.15) is 32.6 Å². The van der Waals surface area contributed by atoms with Gasteiger partial charge in [0.1, 0.15) is 0 Å². The normalized spacial score (nSPS) is 15.9. The Labute approximate surface area is 195 Å². The lowest BCUT2D eigenvalue weighted by molar-refractivity contribution is -0.128. The van der Waals surface area contributed by atoms with Crippen LogP contribution >= 0.6 is 46.9 Å². The van der Waals surface area contributed by atoms with E-state index in [1.54, 1.807) is 11.3 Å². The third kappa shape index (κ3) is 7.68. The highest BCUT2D eigenvalue weighted by molar-refractivity contribution is 14.0. The molecule has 2 rings (SSSR count). The van der Waals surface area contributed by atoms with Gasteiger partial charge in [-0.05, 0) is 39.8 Å². The van der Waals surface area contributed by atoms with Crippen molar-refractivity contribution in [1.82, 2.24) is 20.4 Å². The highest BCUT2D eigenvalue weighted by Gasteiger charge is 2.28. The molecule has 0 aliphatic carbocycles. The van der Waals surface area contributed by atoms with Gasteiger partial charge in [0.15, 0.2) is 5.96 Å². The molecule has 2 heterocycles. The molecule has 0 aromatic carbocycles. The van der Waals surface area contributed by atoms with Gasteiger partial charge in [-0.25, -0.2) is 0 Å². The Bertz CT molecular complexity index is 644. The smallest absolute Gasteiger partial charge is 0.227 e. The molecule has 1 fully saturated rings. The standard InChI is InChI=1S/C19H32ClN5OS.HI/c1-5-21-17(26)19(3,4)14-23-18(22-6-2)25-11-9-24(10-12-25)13-15-7-8-16(20)27-15;/h7-8H,5-6,9-14H2,1-4H3,(H,21,26)(H,22,23);1H. The maximum atomic E-state index is 12.2. The van der Waals surface area contributed by atoms with Gasteiger partial charge in [-0.2, -0.15) is 0 Å². The number of thiophene rings is 1. The molecule has 0 saturated carbocycles. The summed E-state index contributed by atoms with van der Waals surface area (Å²) in [5, 5.41) is 6.27. The summed E-state index contributed by atoms with van der Waals surface area (Å²) < 4.78 is 0.847. The van der Waals surface area contributed by atoms with Crippen molar-refractivity contribution in [2.24, 2.45) is 10.4 Å². The van der Waals surface area contributed by atoms with E-state index in [9.17, 15) is 4.79 Å². The van der Waals surface area contributed by atoms with Gasteiger partial charge >= 0.3 is 0 Å². The number of nitrogens with zero attached hydrogens (tertiary/aromatic N) is 3. The van der Waals surface area contributed by atoms with E-state index in [1.165, 1.54) is 4.88 Å². The third-order valence-corrected chi connectivity index (χ3v) is 5.81. The van der Waals surface area contributed by atoms with Crippen molar-refractivity contribution in [2.75, 3.05) is 45.8 Å². The van der Waals surface area contributed by atoms with Crippen molar-refractivity contribution < 1.29 is 4.79 Å². The fraction of sp³-hybridized carbons (Fsp3) is 0.684. The predicted molar refractivity (Wildman–Crippen MR) is 130 cm³/mol. The minimum atomic E-state index is -0.517. The van der Waals surface area contributed by atoms with E-state index >= 15 is 0 Å². The first-order valence-corrected chi connectivity index (χ1v) is 10.8. The summed E-state index contributed by atoms with van der Waals surface area (Å²) in [6.45, 7) is 14.6. The van der Waals surface area contributed by atoms with Gasteiger partial charge < -0.3 is 15.5 Å². The molecule has 1 aromatic rings. The number of aliphatic imine (C=N–C) groups is 1. The van der Waals surface area contributed by atoms with Crippen LogP contribution in [0, 0.1) is 5.41 Å². The second kappa shape index (κ2) is 12.2. The molecule has 6 nitrogen and oxygen atoms in total. The molecule has 1 amide bonds. The average molecular weight is 542 g/mol. The first-order chi connectivity index (χ1) is 12.9. The van der Waals surface area contributed by atoms with E-state index in [0.717, 1.165) is 49.6 Å². The molecule has 1 aliphatic rings. The molecule has 1 aliphatic heterocycles. The topological polar surface area (TPSA) is 60.0 Å². The van der Waals surface area contributed by atoms with Gasteiger partial charge in [0.2, 0.25) is 5.91 Å². The number of halogens is 2. The van der Waals surface area contributed by atoms with Gasteiger partial charge in [0.25, 0.3) is 0 Å². The van der Waals surface area contributed by atoms with Crippen LogP contribution in [-0.4, -0.2) is 67.5 Å². The van der Waals surface area contributed by atoms with Crippen LogP contribution in [0.25, 0.3) is 0 Å². The average Bonchev–Trinajstić information content (AvgIpc) is 3.04. The van der Waals surface area contributed by atoms with Crippen molar-refractivity contribution in [2.45, 2.75) is 34.2 Å². The van der Waals surface area contributed by atoms with Crippen LogP contribution in [0.15, 0.2) is 17.1 Å². The molecular formula is C19H33ClIN5OS. The molecule has 0 bridgehead atoms. The molecule has 0 atom stereocenters. The van der Waals surface area contributed by atoms with Gasteiger partial charge in [0.05, 0.1) is 16.3 Å². The van der Waals surface area contributed by atoms with Crippen LogP contribution in [0.2, 0.25) is 4.34 Å². The van der Waals surface area contributed by atoms with E-state index < -0.39 is 5.41 Å². The van der Waals surface area contributed by atoms with Crippen molar-refractivity contribution in [3.63, 3.8) is 0 Å². The van der Waals surface area contributed by atoms with Crippen molar-refractivity contribution in [3.05, 3.63) is 21.3 Å². The van der Waals surface area contributed by atoms with E-state index in [2.05, 4.69) is 33.4 Å². The van der Waals surface area contributed by atoms with Crippen LogP contribution in [0.3, 0.4) is 0 Å². The second-order valence-corrected chi connectivity index (χ2v) is 9.18. The van der Waals surface area contributed by atoms with E-state index in [1.807, 2.05) is 26.8 Å². The lowest BCUT2D eigenvalue weighted by Gasteiger charge is -2.36. The van der Waals surface area contributed by atoms with Crippen LogP contribution in [0.5, 0.6) is 0 Å². The Balaban J connectivity index is 0.00000392. The number of carbonyl (C=O) groups excluding carboxylic acids is 1. The fourth-order valence-corrected chi connectivity index (χ4v) is 4.07. The molecule has 9 heteroatoms. The number of hydrogen-bond donors (Lipinski definition) is 2. The van der Waals surface area contributed by atoms with Gasteiger partial charge in [-0.3, -0.25) is 14.7 Å². The summed E-state index contributed by atoms with van der Waals surface area (Å²) in [7, 11) is 0. The number of piperazine rings is 1. The monoisotopic (exact) mass is 541 g/mol. The maximum Gasteiger partial charge on any atom is 0.227 e. The Morgan fingerprint density at radius 1 is 1.18 bits per heavy atom. The highest BCUT2D eigenvalue weighted by Crippen LogP contribution is 2.23. The molecule has 28 heavy (non-hydrogen) atoms. The summed E-state index contributed by atoms with van der Waals surface area (Å²) in [5.74, 6) is 0.942. The minimum Gasteiger partial charge on any atom is -0.357 e. The first kappa shape index (κ1) is 25.5. The Morgan fingerprint density at radius 2 is 1.82 bits per heavy atom. The zero-order valence-electron chi connectivity index (χ0n) is 17.3. The number of amides is 1. The lowest BCUT2D eigenvalue weighted by Crippen LogP contribution is -2.52. The van der Waals surface area contributed by atoms with Crippen LogP contribution in [-0.2, 0) is 11.3 Å². The van der Waals surface area contributed by atoms with Gasteiger partial charge in [-0.15, -0.1) is 35.3 Å². The molecule has 0 spiro atoms. The molecule has 1 saturated heterocycles. The number of carbonyl (C=O) groups is 1. The van der Waals surface area contributed by atoms with Gasteiger partial charge in [0, 0.05) is 50.7 Å². The Kier molecular flexibility index (Phi) is 11.1. The summed E-state index contributed by atoms with van der Waals surface area (Å²) in [5.41, 5.74) is -0.517. The van der Waals surface area contributed by atoms with E-state index in [0.29, 0.717) is 13.1 Å². The molecule has 1 aromatic heterocycles. The van der Waals surface area contributed by atoms with Gasteiger partial charge in [-0.1, -0.05) is 11.6 Å². The van der Waals surface area contributed by atoms with Crippen molar-refractivity contribution >= 4 is 58.8 Å². The number of rotatable bonds is 7. The Morgan fingerprint density at radius 3 is 2.36 bits per heavy atom. The van der Waals surface area contributed by atoms with Crippen LogP contribution < -0.4 is 10.6 Å². The third-order valence-electron chi connectivity index (χ3n) is 4.59.